The molecule has 2 N–H and O–H groups in total. The van der Waals surface area contributed by atoms with Crippen LogP contribution < -0.4 is 15.5 Å². The van der Waals surface area contributed by atoms with Crippen molar-refractivity contribution >= 4 is 35.3 Å². The summed E-state index contributed by atoms with van der Waals surface area (Å²) in [4.78, 5) is 15.1. The molecule has 2 aromatic rings. The quantitative estimate of drug-likeness (QED) is 0.770. The molecule has 2 aliphatic rings. The summed E-state index contributed by atoms with van der Waals surface area (Å²) in [6, 6.07) is 12.1. The highest BCUT2D eigenvalue weighted by Crippen LogP contribution is 2.31. The summed E-state index contributed by atoms with van der Waals surface area (Å²) in [6.07, 6.45) is 2.81. The minimum Gasteiger partial charge on any atom is -0.441 e. The van der Waals surface area contributed by atoms with Gasteiger partial charge in [-0.15, -0.1) is 0 Å². The highest BCUT2D eigenvalue weighted by Gasteiger charge is 2.27. The third-order valence-electron chi connectivity index (χ3n) is 4.60. The Morgan fingerprint density at radius 3 is 2.74 bits per heavy atom. The van der Waals surface area contributed by atoms with Gasteiger partial charge in [0.05, 0.1) is 18.1 Å². The van der Waals surface area contributed by atoms with Gasteiger partial charge < -0.3 is 24.7 Å². The molecule has 0 bridgehead atoms. The number of aryl methyl sites for hydroxylation is 1. The van der Waals surface area contributed by atoms with Gasteiger partial charge in [0.25, 0.3) is 5.91 Å². The van der Waals surface area contributed by atoms with Gasteiger partial charge in [0, 0.05) is 30.9 Å². The maximum atomic E-state index is 12.3. The van der Waals surface area contributed by atoms with Crippen LogP contribution in [0.1, 0.15) is 18.2 Å². The van der Waals surface area contributed by atoms with Gasteiger partial charge in [0.15, 0.2) is 11.4 Å². The summed E-state index contributed by atoms with van der Waals surface area (Å²) in [7, 11) is 0. The number of hydrogen-bond acceptors (Lipinski definition) is 6. The van der Waals surface area contributed by atoms with Crippen molar-refractivity contribution in [2.24, 2.45) is 0 Å². The standard InChI is InChI=1S/C20H23N3O3S/c1-2-14-3-5-15(6-4-14)21-20-22-19(24)17(27-20)13-16-7-8-18(26-16)23-9-11-25-12-10-23/h3-8,13,20-21H,2,9-12H2,1H3,(H,22,24)/b17-13-/t20-/m0/s1. The zero-order valence-electron chi connectivity index (χ0n) is 15.2. The summed E-state index contributed by atoms with van der Waals surface area (Å²) in [5, 5.41) is 6.28. The first-order chi connectivity index (χ1) is 13.2. The third kappa shape index (κ3) is 4.31. The number of thioether (sulfide) groups is 1. The van der Waals surface area contributed by atoms with Crippen molar-refractivity contribution in [1.29, 1.82) is 0 Å². The smallest absolute Gasteiger partial charge is 0.260 e. The van der Waals surface area contributed by atoms with Gasteiger partial charge >= 0.3 is 0 Å². The molecule has 3 heterocycles. The van der Waals surface area contributed by atoms with Crippen LogP contribution in [-0.4, -0.2) is 37.7 Å². The second-order valence-corrected chi connectivity index (χ2v) is 7.60. The Balaban J connectivity index is 1.40. The van der Waals surface area contributed by atoms with Gasteiger partial charge in [0.1, 0.15) is 5.76 Å². The molecular formula is C20H23N3O3S. The Kier molecular flexibility index (Phi) is 5.40. The molecule has 4 rings (SSSR count). The number of amides is 1. The van der Waals surface area contributed by atoms with E-state index in [0.717, 1.165) is 31.1 Å². The highest BCUT2D eigenvalue weighted by atomic mass is 32.2. The van der Waals surface area contributed by atoms with E-state index in [4.69, 9.17) is 9.15 Å². The van der Waals surface area contributed by atoms with Crippen molar-refractivity contribution in [2.45, 2.75) is 18.8 Å². The van der Waals surface area contributed by atoms with Gasteiger partial charge in [-0.05, 0) is 30.2 Å². The predicted octanol–water partition coefficient (Wildman–Crippen LogP) is 3.28. The molecule has 142 valence electrons. The molecule has 1 aromatic carbocycles. The van der Waals surface area contributed by atoms with E-state index < -0.39 is 0 Å². The maximum absolute atomic E-state index is 12.3. The molecule has 0 saturated carbocycles. The number of benzene rings is 1. The molecule has 0 unspecified atom stereocenters. The van der Waals surface area contributed by atoms with Crippen LogP contribution >= 0.6 is 11.8 Å². The fourth-order valence-electron chi connectivity index (χ4n) is 3.06. The minimum atomic E-state index is -0.190. The number of carbonyl (C=O) groups is 1. The van der Waals surface area contributed by atoms with E-state index in [0.29, 0.717) is 23.9 Å². The number of ether oxygens (including phenoxy) is 1. The number of morpholine rings is 1. The van der Waals surface area contributed by atoms with Crippen molar-refractivity contribution in [3.05, 3.63) is 52.6 Å². The van der Waals surface area contributed by atoms with E-state index in [1.807, 2.05) is 24.3 Å². The Bertz CT molecular complexity index is 825. The van der Waals surface area contributed by atoms with Crippen LogP contribution in [0.5, 0.6) is 0 Å². The van der Waals surface area contributed by atoms with Gasteiger partial charge in [-0.25, -0.2) is 0 Å². The lowest BCUT2D eigenvalue weighted by molar-refractivity contribution is -0.116. The van der Waals surface area contributed by atoms with Gasteiger partial charge in [0.2, 0.25) is 0 Å². The second-order valence-electron chi connectivity index (χ2n) is 6.45. The Labute approximate surface area is 162 Å². The van der Waals surface area contributed by atoms with E-state index in [1.54, 1.807) is 6.08 Å². The van der Waals surface area contributed by atoms with Crippen LogP contribution in [0.3, 0.4) is 0 Å². The monoisotopic (exact) mass is 385 g/mol. The molecule has 1 aromatic heterocycles. The van der Waals surface area contributed by atoms with Crippen LogP contribution in [0.15, 0.2) is 45.7 Å². The zero-order chi connectivity index (χ0) is 18.6. The van der Waals surface area contributed by atoms with Crippen molar-refractivity contribution in [3.8, 4) is 0 Å². The minimum absolute atomic E-state index is 0.0907. The second kappa shape index (κ2) is 8.10. The van der Waals surface area contributed by atoms with Crippen molar-refractivity contribution in [1.82, 2.24) is 5.32 Å². The van der Waals surface area contributed by atoms with Gasteiger partial charge in [-0.2, -0.15) is 0 Å². The van der Waals surface area contributed by atoms with E-state index >= 15 is 0 Å². The molecular weight excluding hydrogens is 362 g/mol. The maximum Gasteiger partial charge on any atom is 0.260 e. The Morgan fingerprint density at radius 2 is 2.00 bits per heavy atom. The van der Waals surface area contributed by atoms with Crippen LogP contribution in [-0.2, 0) is 16.0 Å². The molecule has 1 amide bonds. The number of nitrogens with one attached hydrogen (secondary N) is 2. The van der Waals surface area contributed by atoms with Crippen LogP contribution in [0, 0.1) is 0 Å². The van der Waals surface area contributed by atoms with Crippen molar-refractivity contribution in [3.63, 3.8) is 0 Å². The molecule has 6 nitrogen and oxygen atoms in total. The first kappa shape index (κ1) is 18.0. The number of nitrogens with zero attached hydrogens (tertiary/aromatic N) is 1. The van der Waals surface area contributed by atoms with E-state index in [2.05, 4.69) is 34.6 Å². The fourth-order valence-corrected chi connectivity index (χ4v) is 4.02. The molecule has 0 radical (unpaired) electrons. The highest BCUT2D eigenvalue weighted by molar-refractivity contribution is 8.05. The van der Waals surface area contributed by atoms with E-state index in [-0.39, 0.29) is 11.4 Å². The number of rotatable bonds is 5. The number of furan rings is 1. The first-order valence-corrected chi connectivity index (χ1v) is 10.1. The molecule has 1 atom stereocenters. The van der Waals surface area contributed by atoms with Crippen LogP contribution in [0.2, 0.25) is 0 Å². The van der Waals surface area contributed by atoms with E-state index in [1.165, 1.54) is 17.3 Å². The predicted molar refractivity (Wildman–Crippen MR) is 109 cm³/mol. The van der Waals surface area contributed by atoms with Crippen LogP contribution in [0.25, 0.3) is 6.08 Å². The number of anilines is 2. The summed E-state index contributed by atoms with van der Waals surface area (Å²) in [5.74, 6) is 1.41. The molecule has 0 aliphatic carbocycles. The fraction of sp³-hybridized carbons (Fsp3) is 0.350. The Hall–Kier alpha value is -2.38. The van der Waals surface area contributed by atoms with E-state index in [9.17, 15) is 4.79 Å². The summed E-state index contributed by atoms with van der Waals surface area (Å²) >= 11 is 1.46. The van der Waals surface area contributed by atoms with Crippen LogP contribution in [0.4, 0.5) is 11.6 Å². The number of hydrogen-bond donors (Lipinski definition) is 2. The normalized spacial score (nSPS) is 21.5. The van der Waals surface area contributed by atoms with Gasteiger partial charge in [-0.1, -0.05) is 30.8 Å². The lowest BCUT2D eigenvalue weighted by Crippen LogP contribution is -2.35. The molecule has 7 heteroatoms. The SMILES string of the molecule is CCc1ccc(N[C@H]2NC(=O)/C(=C/c3ccc(N4CCOCC4)o3)S2)cc1. The molecule has 27 heavy (non-hydrogen) atoms. The molecule has 2 fully saturated rings. The lowest BCUT2D eigenvalue weighted by atomic mass is 10.1. The summed E-state index contributed by atoms with van der Waals surface area (Å²) in [6.45, 7) is 5.19. The summed E-state index contributed by atoms with van der Waals surface area (Å²) < 4.78 is 11.3. The molecule has 0 spiro atoms. The van der Waals surface area contributed by atoms with Crippen molar-refractivity contribution in [2.75, 3.05) is 36.5 Å². The molecule has 2 saturated heterocycles. The first-order valence-electron chi connectivity index (χ1n) is 9.18. The summed E-state index contributed by atoms with van der Waals surface area (Å²) in [5.41, 5.74) is 2.09. The average Bonchev–Trinajstić information content (AvgIpc) is 3.30. The average molecular weight is 385 g/mol. The largest absolute Gasteiger partial charge is 0.441 e. The third-order valence-corrected chi connectivity index (χ3v) is 5.63. The zero-order valence-corrected chi connectivity index (χ0v) is 16.1. The van der Waals surface area contributed by atoms with Gasteiger partial charge in [-0.3, -0.25) is 4.79 Å². The topological polar surface area (TPSA) is 66.7 Å². The van der Waals surface area contributed by atoms with Crippen molar-refractivity contribution < 1.29 is 13.9 Å². The lowest BCUT2D eigenvalue weighted by Gasteiger charge is -2.26. The number of carbonyl (C=O) groups excluding carboxylic acids is 1. The Morgan fingerprint density at radius 1 is 1.22 bits per heavy atom. The molecule has 2 aliphatic heterocycles.